The lowest BCUT2D eigenvalue weighted by atomic mass is 10.2. The van der Waals surface area contributed by atoms with Gasteiger partial charge in [-0.05, 0) is 36.8 Å². The number of nitrogens with one attached hydrogen (secondary N) is 1. The van der Waals surface area contributed by atoms with Crippen molar-refractivity contribution in [3.8, 4) is 0 Å². The molecule has 3 rings (SSSR count). The molecule has 0 unspecified atom stereocenters. The lowest BCUT2D eigenvalue weighted by Crippen LogP contribution is -2.43. The maximum atomic E-state index is 12.4. The van der Waals surface area contributed by atoms with Gasteiger partial charge in [0.25, 0.3) is 0 Å². The quantitative estimate of drug-likeness (QED) is 0.688. The van der Waals surface area contributed by atoms with Crippen LogP contribution in [0.1, 0.15) is 12.5 Å². The van der Waals surface area contributed by atoms with Gasteiger partial charge in [-0.2, -0.15) is 0 Å². The second kappa shape index (κ2) is 7.53. The number of carbonyl (C=O) groups is 1. The minimum atomic E-state index is -0.742. The second-order valence-corrected chi connectivity index (χ2v) is 6.13. The summed E-state index contributed by atoms with van der Waals surface area (Å²) < 4.78 is 2.47. The van der Waals surface area contributed by atoms with Crippen molar-refractivity contribution < 1.29 is 4.79 Å². The molecule has 0 fully saturated rings. The van der Waals surface area contributed by atoms with Gasteiger partial charge < -0.3 is 5.32 Å². The van der Waals surface area contributed by atoms with Gasteiger partial charge >= 0.3 is 11.1 Å². The minimum absolute atomic E-state index is 0.256. The molecule has 0 aliphatic rings. The largest absolute Gasteiger partial charge is 0.350 e. The summed E-state index contributed by atoms with van der Waals surface area (Å²) in [6, 6.07) is 10.4. The van der Waals surface area contributed by atoms with E-state index in [-0.39, 0.29) is 12.5 Å². The Morgan fingerprint density at radius 1 is 1.12 bits per heavy atom. The number of fused-ring (bicyclic) bond motifs is 1. The van der Waals surface area contributed by atoms with Crippen LogP contribution in [0.2, 0.25) is 5.02 Å². The molecule has 0 bridgehead atoms. The Balaban J connectivity index is 1.87. The molecular formula is C18H17ClN4O3. The Labute approximate surface area is 153 Å². The third-order valence-corrected chi connectivity index (χ3v) is 4.26. The smallest absolute Gasteiger partial charge is 0.318 e. The van der Waals surface area contributed by atoms with E-state index in [1.807, 2.05) is 0 Å². The van der Waals surface area contributed by atoms with Crippen LogP contribution in [0.25, 0.3) is 11.2 Å². The zero-order valence-corrected chi connectivity index (χ0v) is 14.9. The van der Waals surface area contributed by atoms with Crippen LogP contribution in [0, 0.1) is 0 Å². The third-order valence-electron chi connectivity index (χ3n) is 4.01. The SMILES string of the molecule is CCn1c(=O)c(=O)n(CC(=O)NCc2ccc(Cl)cc2)c2cccnc21. The van der Waals surface area contributed by atoms with Crippen molar-refractivity contribution in [1.82, 2.24) is 19.4 Å². The van der Waals surface area contributed by atoms with E-state index in [2.05, 4.69) is 10.3 Å². The Bertz CT molecular complexity index is 1070. The Kier molecular flexibility index (Phi) is 5.18. The molecule has 0 saturated carbocycles. The lowest BCUT2D eigenvalue weighted by Gasteiger charge is -2.13. The van der Waals surface area contributed by atoms with Crippen LogP contribution < -0.4 is 16.4 Å². The zero-order chi connectivity index (χ0) is 18.7. The maximum Gasteiger partial charge on any atom is 0.318 e. The van der Waals surface area contributed by atoms with Gasteiger partial charge in [0.1, 0.15) is 6.54 Å². The number of nitrogens with zero attached hydrogens (tertiary/aromatic N) is 3. The highest BCUT2D eigenvalue weighted by molar-refractivity contribution is 6.30. The van der Waals surface area contributed by atoms with Gasteiger partial charge in [-0.1, -0.05) is 23.7 Å². The van der Waals surface area contributed by atoms with E-state index in [1.165, 1.54) is 4.57 Å². The molecule has 1 N–H and O–H groups in total. The Morgan fingerprint density at radius 2 is 1.81 bits per heavy atom. The van der Waals surface area contributed by atoms with E-state index in [0.717, 1.165) is 10.1 Å². The Hall–Kier alpha value is -2.93. The van der Waals surface area contributed by atoms with E-state index in [9.17, 15) is 14.4 Å². The van der Waals surface area contributed by atoms with Gasteiger partial charge in [-0.15, -0.1) is 0 Å². The van der Waals surface area contributed by atoms with Crippen LogP contribution >= 0.6 is 11.6 Å². The summed E-state index contributed by atoms with van der Waals surface area (Å²) >= 11 is 5.83. The summed E-state index contributed by atoms with van der Waals surface area (Å²) in [5.74, 6) is -0.374. The molecule has 26 heavy (non-hydrogen) atoms. The molecule has 7 nitrogen and oxygen atoms in total. The van der Waals surface area contributed by atoms with Crippen molar-refractivity contribution in [3.05, 3.63) is 73.9 Å². The number of pyridine rings is 1. The monoisotopic (exact) mass is 372 g/mol. The molecule has 0 saturated heterocycles. The number of hydrogen-bond donors (Lipinski definition) is 1. The summed E-state index contributed by atoms with van der Waals surface area (Å²) in [5, 5.41) is 3.35. The molecule has 134 valence electrons. The number of hydrogen-bond acceptors (Lipinski definition) is 4. The van der Waals surface area contributed by atoms with E-state index in [1.54, 1.807) is 49.5 Å². The van der Waals surface area contributed by atoms with Gasteiger partial charge in [0, 0.05) is 24.3 Å². The van der Waals surface area contributed by atoms with Gasteiger partial charge in [0.15, 0.2) is 5.65 Å². The zero-order valence-electron chi connectivity index (χ0n) is 14.1. The van der Waals surface area contributed by atoms with Crippen LogP contribution in [0.4, 0.5) is 0 Å². The van der Waals surface area contributed by atoms with E-state index < -0.39 is 11.1 Å². The summed E-state index contributed by atoms with van der Waals surface area (Å²) in [7, 11) is 0. The van der Waals surface area contributed by atoms with Crippen LogP contribution in [0.15, 0.2) is 52.2 Å². The summed E-state index contributed by atoms with van der Waals surface area (Å²) in [4.78, 5) is 41.2. The van der Waals surface area contributed by atoms with Crippen molar-refractivity contribution in [2.24, 2.45) is 0 Å². The van der Waals surface area contributed by atoms with E-state index in [0.29, 0.717) is 29.3 Å². The molecule has 1 amide bonds. The highest BCUT2D eigenvalue weighted by atomic mass is 35.5. The fourth-order valence-electron chi connectivity index (χ4n) is 2.70. The number of carbonyl (C=O) groups excluding carboxylic acids is 1. The molecule has 1 aromatic carbocycles. The highest BCUT2D eigenvalue weighted by Gasteiger charge is 2.15. The molecule has 8 heteroatoms. The molecule has 0 aliphatic carbocycles. The summed E-state index contributed by atoms with van der Waals surface area (Å²) in [6.07, 6.45) is 1.54. The standard InChI is InChI=1S/C18H17ClN4O3/c1-2-22-16-14(4-3-9-20-16)23(18(26)17(22)25)11-15(24)21-10-12-5-7-13(19)8-6-12/h3-9H,2,10-11H2,1H3,(H,21,24). The summed E-state index contributed by atoms with van der Waals surface area (Å²) in [5.41, 5.74) is 0.270. The minimum Gasteiger partial charge on any atom is -0.350 e. The Morgan fingerprint density at radius 3 is 2.50 bits per heavy atom. The molecule has 0 spiro atoms. The lowest BCUT2D eigenvalue weighted by molar-refractivity contribution is -0.121. The predicted molar refractivity (Wildman–Crippen MR) is 99.2 cm³/mol. The van der Waals surface area contributed by atoms with Gasteiger partial charge in [0.05, 0.1) is 5.52 Å². The molecule has 0 radical (unpaired) electrons. The average Bonchev–Trinajstić information content (AvgIpc) is 2.65. The number of rotatable bonds is 5. The van der Waals surface area contributed by atoms with Crippen LogP contribution in [0.3, 0.4) is 0 Å². The van der Waals surface area contributed by atoms with Crippen molar-refractivity contribution in [3.63, 3.8) is 0 Å². The number of aryl methyl sites for hydroxylation is 1. The average molecular weight is 373 g/mol. The number of amides is 1. The van der Waals surface area contributed by atoms with E-state index in [4.69, 9.17) is 11.6 Å². The second-order valence-electron chi connectivity index (χ2n) is 5.69. The first-order valence-corrected chi connectivity index (χ1v) is 8.48. The van der Waals surface area contributed by atoms with Crippen molar-refractivity contribution in [1.29, 1.82) is 0 Å². The first-order valence-electron chi connectivity index (χ1n) is 8.10. The number of halogens is 1. The predicted octanol–water partition coefficient (Wildman–Crippen LogP) is 1.55. The molecule has 0 aliphatic heterocycles. The molecule has 2 heterocycles. The maximum absolute atomic E-state index is 12.4. The third kappa shape index (κ3) is 3.52. The van der Waals surface area contributed by atoms with Crippen LogP contribution in [-0.2, 0) is 24.4 Å². The fourth-order valence-corrected chi connectivity index (χ4v) is 2.82. The van der Waals surface area contributed by atoms with Gasteiger partial charge in [0.2, 0.25) is 5.91 Å². The van der Waals surface area contributed by atoms with Gasteiger partial charge in [-0.25, -0.2) is 4.98 Å². The highest BCUT2D eigenvalue weighted by Crippen LogP contribution is 2.09. The van der Waals surface area contributed by atoms with Crippen molar-refractivity contribution in [2.75, 3.05) is 0 Å². The number of benzene rings is 1. The number of aromatic nitrogens is 3. The normalized spacial score (nSPS) is 10.8. The van der Waals surface area contributed by atoms with Crippen molar-refractivity contribution in [2.45, 2.75) is 26.6 Å². The van der Waals surface area contributed by atoms with Crippen LogP contribution in [-0.4, -0.2) is 20.0 Å². The van der Waals surface area contributed by atoms with Crippen molar-refractivity contribution >= 4 is 28.7 Å². The topological polar surface area (TPSA) is 86.0 Å². The molecule has 3 aromatic rings. The van der Waals surface area contributed by atoms with Gasteiger partial charge in [-0.3, -0.25) is 23.5 Å². The summed E-state index contributed by atoms with van der Waals surface area (Å²) in [6.45, 7) is 2.13. The van der Waals surface area contributed by atoms with E-state index >= 15 is 0 Å². The fraction of sp³-hybridized carbons (Fsp3) is 0.222. The molecule has 2 aromatic heterocycles. The first kappa shape index (κ1) is 17.9. The van der Waals surface area contributed by atoms with Crippen LogP contribution in [0.5, 0.6) is 0 Å². The first-order chi connectivity index (χ1) is 12.5. The molecular weight excluding hydrogens is 356 g/mol. The molecule has 0 atom stereocenters.